The van der Waals surface area contributed by atoms with Crippen molar-refractivity contribution < 1.29 is 4.79 Å². The molecule has 0 atom stereocenters. The van der Waals surface area contributed by atoms with Gasteiger partial charge < -0.3 is 19.8 Å². The van der Waals surface area contributed by atoms with E-state index in [4.69, 9.17) is 0 Å². The number of nitrogens with zero attached hydrogens (tertiary/aromatic N) is 4. The van der Waals surface area contributed by atoms with Gasteiger partial charge in [0.1, 0.15) is 0 Å². The van der Waals surface area contributed by atoms with Crippen LogP contribution >= 0.6 is 0 Å². The van der Waals surface area contributed by atoms with E-state index in [9.17, 15) is 9.59 Å². The highest BCUT2D eigenvalue weighted by atomic mass is 16.1. The van der Waals surface area contributed by atoms with Crippen LogP contribution < -0.4 is 10.9 Å². The summed E-state index contributed by atoms with van der Waals surface area (Å²) in [6.07, 6.45) is 4.80. The number of aromatic amines is 1. The Labute approximate surface area is 192 Å². The summed E-state index contributed by atoms with van der Waals surface area (Å²) < 4.78 is 1.97. The third-order valence-corrected chi connectivity index (χ3v) is 4.76. The van der Waals surface area contributed by atoms with Gasteiger partial charge in [0, 0.05) is 38.0 Å². The first kappa shape index (κ1) is 23.6. The highest BCUT2D eigenvalue weighted by Crippen LogP contribution is 2.30. The van der Waals surface area contributed by atoms with Crippen LogP contribution in [-0.4, -0.2) is 52.8 Å². The fourth-order valence-corrected chi connectivity index (χ4v) is 3.43. The smallest absolute Gasteiger partial charge is 0.260 e. The predicted octanol–water partition coefficient (Wildman–Crippen LogP) is 3.22. The van der Waals surface area contributed by atoms with Gasteiger partial charge in [0.2, 0.25) is 5.91 Å². The lowest BCUT2D eigenvalue weighted by Gasteiger charge is -2.10. The molecule has 33 heavy (non-hydrogen) atoms. The first-order valence-corrected chi connectivity index (χ1v) is 10.5. The first-order valence-electron chi connectivity index (χ1n) is 10.5. The Morgan fingerprint density at radius 2 is 1.94 bits per heavy atom. The zero-order chi connectivity index (χ0) is 23.8. The number of hydrogen-bond donors (Lipinski definition) is 2. The van der Waals surface area contributed by atoms with Gasteiger partial charge in [-0.3, -0.25) is 14.6 Å². The van der Waals surface area contributed by atoms with Crippen LogP contribution in [0.1, 0.15) is 12.5 Å². The van der Waals surface area contributed by atoms with Crippen molar-refractivity contribution in [1.82, 2.24) is 24.8 Å². The van der Waals surface area contributed by atoms with Crippen LogP contribution in [0, 0.1) is 0 Å². The van der Waals surface area contributed by atoms with Crippen molar-refractivity contribution in [2.24, 2.45) is 4.99 Å². The number of amides is 1. The van der Waals surface area contributed by atoms with Crippen molar-refractivity contribution in [3.8, 4) is 16.8 Å². The maximum absolute atomic E-state index is 12.6. The van der Waals surface area contributed by atoms with Crippen LogP contribution in [0.5, 0.6) is 0 Å². The Hall–Kier alpha value is -4.04. The Morgan fingerprint density at radius 3 is 2.58 bits per heavy atom. The number of para-hydroxylation sites is 1. The summed E-state index contributed by atoms with van der Waals surface area (Å²) in [5, 5.41) is 2.97. The summed E-state index contributed by atoms with van der Waals surface area (Å²) in [6, 6.07) is 18.3. The second-order valence-electron chi connectivity index (χ2n) is 7.70. The molecule has 0 bridgehead atoms. The molecule has 0 saturated heterocycles. The number of benzene rings is 2. The van der Waals surface area contributed by atoms with Crippen molar-refractivity contribution >= 4 is 23.3 Å². The second kappa shape index (κ2) is 11.0. The lowest BCUT2D eigenvalue weighted by Crippen LogP contribution is -2.16. The molecule has 0 aliphatic rings. The molecule has 2 N–H and O–H groups in total. The molecule has 0 fully saturated rings. The van der Waals surface area contributed by atoms with Gasteiger partial charge in [-0.05, 0) is 43.4 Å². The summed E-state index contributed by atoms with van der Waals surface area (Å²) in [7, 11) is 5.68. The van der Waals surface area contributed by atoms with E-state index in [0.29, 0.717) is 11.0 Å². The third-order valence-electron chi connectivity index (χ3n) is 4.76. The molecule has 0 spiro atoms. The van der Waals surface area contributed by atoms with Crippen molar-refractivity contribution in [2.75, 3.05) is 21.1 Å². The lowest BCUT2D eigenvalue weighted by molar-refractivity contribution is -0.117. The van der Waals surface area contributed by atoms with Gasteiger partial charge in [0.25, 0.3) is 5.56 Å². The first-order chi connectivity index (χ1) is 15.9. The number of hydrogen-bond acceptors (Lipinski definition) is 5. The molecular formula is C25H28N6O2. The molecule has 1 amide bonds. The van der Waals surface area contributed by atoms with Crippen LogP contribution in [0.25, 0.3) is 27.8 Å². The maximum atomic E-state index is 12.6. The Morgan fingerprint density at radius 1 is 1.18 bits per heavy atom. The molecule has 0 aliphatic carbocycles. The van der Waals surface area contributed by atoms with Crippen LogP contribution in [0.4, 0.5) is 0 Å². The van der Waals surface area contributed by atoms with Crippen LogP contribution in [0.3, 0.4) is 0 Å². The number of H-pyrrole nitrogens is 1. The molecule has 2 aromatic carbocycles. The van der Waals surface area contributed by atoms with E-state index in [1.165, 1.54) is 25.2 Å². The fraction of sp³-hybridized carbons (Fsp3) is 0.200. The van der Waals surface area contributed by atoms with Crippen molar-refractivity contribution in [1.29, 1.82) is 0 Å². The predicted molar refractivity (Wildman–Crippen MR) is 133 cm³/mol. The van der Waals surface area contributed by atoms with Crippen molar-refractivity contribution in [3.63, 3.8) is 0 Å². The van der Waals surface area contributed by atoms with E-state index in [1.807, 2.05) is 67.3 Å². The van der Waals surface area contributed by atoms with E-state index >= 15 is 0 Å². The molecule has 8 nitrogen and oxygen atoms in total. The van der Waals surface area contributed by atoms with E-state index in [1.54, 1.807) is 7.05 Å². The zero-order valence-corrected chi connectivity index (χ0v) is 19.2. The topological polar surface area (TPSA) is 95.4 Å². The summed E-state index contributed by atoms with van der Waals surface area (Å²) in [5.41, 5.74) is 4.62. The molecule has 4 rings (SSSR count). The minimum Gasteiger partial charge on any atom is -0.317 e. The van der Waals surface area contributed by atoms with E-state index in [0.717, 1.165) is 23.4 Å². The van der Waals surface area contributed by atoms with Crippen LogP contribution in [0.15, 0.2) is 76.9 Å². The maximum Gasteiger partial charge on any atom is 0.260 e. The zero-order valence-electron chi connectivity index (χ0n) is 19.2. The molecule has 4 aromatic rings. The molecule has 0 aliphatic heterocycles. The number of fused-ring (bicyclic) bond motifs is 1. The van der Waals surface area contributed by atoms with Crippen molar-refractivity contribution in [2.45, 2.75) is 13.5 Å². The monoisotopic (exact) mass is 444 g/mol. The van der Waals surface area contributed by atoms with Gasteiger partial charge in [-0.25, -0.2) is 4.98 Å². The Bertz CT molecular complexity index is 1310. The number of carbonyl (C=O) groups excluding carboxylic acids is 1. The standard InChI is InChI=1S/C21H20N4O.C4H8N2O/c1-24(2)12-15-7-6-8-16(11-15)18-13-25(17-9-4-3-5-10-17)20-19(18)21(26)23-14-22-20;1-4(7)6-3-5-2/h3-11,13-14H,12H2,1-2H3,(H,22,23,26);3H,1-2H3,(H,5,6,7). The highest BCUT2D eigenvalue weighted by Gasteiger charge is 2.16. The average molecular weight is 445 g/mol. The number of aliphatic imine (C=N–C) groups is 1. The number of aromatic nitrogens is 3. The van der Waals surface area contributed by atoms with Gasteiger partial charge in [-0.15, -0.1) is 0 Å². The summed E-state index contributed by atoms with van der Waals surface area (Å²) >= 11 is 0. The molecule has 2 heterocycles. The van der Waals surface area contributed by atoms with Crippen molar-refractivity contribution in [3.05, 3.63) is 83.0 Å². The van der Waals surface area contributed by atoms with Gasteiger partial charge in [-0.2, -0.15) is 0 Å². The minimum atomic E-state index is -0.127. The van der Waals surface area contributed by atoms with Crippen LogP contribution in [-0.2, 0) is 11.3 Å². The number of carbonyl (C=O) groups is 1. The van der Waals surface area contributed by atoms with Gasteiger partial charge in [0.15, 0.2) is 5.65 Å². The fourth-order valence-electron chi connectivity index (χ4n) is 3.43. The third kappa shape index (κ3) is 6.02. The lowest BCUT2D eigenvalue weighted by atomic mass is 10.0. The Kier molecular flexibility index (Phi) is 7.88. The van der Waals surface area contributed by atoms with Crippen LogP contribution in [0.2, 0.25) is 0 Å². The summed E-state index contributed by atoms with van der Waals surface area (Å²) in [4.78, 5) is 35.4. The molecule has 0 radical (unpaired) electrons. The number of rotatable bonds is 5. The average Bonchev–Trinajstić information content (AvgIpc) is 3.19. The van der Waals surface area contributed by atoms with E-state index in [2.05, 4.69) is 37.3 Å². The SMILES string of the molecule is CN(C)Cc1cccc(-c2cn(-c3ccccc3)c3nc[nH]c(=O)c23)c1.CN=CNC(C)=O. The Balaban J connectivity index is 0.000000383. The van der Waals surface area contributed by atoms with Gasteiger partial charge in [0.05, 0.1) is 18.1 Å². The minimum absolute atomic E-state index is 0.0920. The largest absolute Gasteiger partial charge is 0.317 e. The number of nitrogens with one attached hydrogen (secondary N) is 2. The highest BCUT2D eigenvalue weighted by molar-refractivity contribution is 5.94. The molecule has 0 unspecified atom stereocenters. The summed E-state index contributed by atoms with van der Waals surface area (Å²) in [6.45, 7) is 2.28. The second-order valence-corrected chi connectivity index (χ2v) is 7.70. The quantitative estimate of drug-likeness (QED) is 0.365. The molecular weight excluding hydrogens is 416 g/mol. The normalized spacial score (nSPS) is 10.9. The molecule has 0 saturated carbocycles. The van der Waals surface area contributed by atoms with Gasteiger partial charge in [-0.1, -0.05) is 36.4 Å². The molecule has 2 aromatic heterocycles. The van der Waals surface area contributed by atoms with E-state index in [-0.39, 0.29) is 11.5 Å². The molecule has 8 heteroatoms. The molecule has 170 valence electrons. The van der Waals surface area contributed by atoms with Gasteiger partial charge >= 0.3 is 0 Å². The van der Waals surface area contributed by atoms with E-state index < -0.39 is 0 Å². The summed E-state index contributed by atoms with van der Waals surface area (Å²) in [5.74, 6) is -0.0920.